The van der Waals surface area contributed by atoms with Crippen LogP contribution < -0.4 is 0 Å². The van der Waals surface area contributed by atoms with E-state index in [0.717, 1.165) is 5.56 Å². The molecule has 1 N–H and O–H groups in total. The van der Waals surface area contributed by atoms with E-state index in [1.807, 2.05) is 13.8 Å². The van der Waals surface area contributed by atoms with Gasteiger partial charge in [0.2, 0.25) is 0 Å². The van der Waals surface area contributed by atoms with Gasteiger partial charge < -0.3 is 24.1 Å². The highest BCUT2D eigenvalue weighted by atomic mass is 16.7. The van der Waals surface area contributed by atoms with Crippen LogP contribution in [-0.2, 0) is 32.2 Å². The summed E-state index contributed by atoms with van der Waals surface area (Å²) in [6.45, 7) is 4.04. The van der Waals surface area contributed by atoms with Gasteiger partial charge in [0, 0.05) is 24.3 Å². The molecule has 0 unspecified atom stereocenters. The first-order valence-corrected chi connectivity index (χ1v) is 10.4. The zero-order chi connectivity index (χ0) is 24.0. The lowest BCUT2D eigenvalue weighted by Crippen LogP contribution is -2.38. The number of nitro benzene ring substituents is 2. The van der Waals surface area contributed by atoms with Gasteiger partial charge in [-0.3, -0.25) is 20.2 Å². The molecule has 33 heavy (non-hydrogen) atoms. The molecule has 11 heteroatoms. The van der Waals surface area contributed by atoms with Gasteiger partial charge in [-0.05, 0) is 49.2 Å². The largest absolute Gasteiger partial charge is 0.385 e. The summed E-state index contributed by atoms with van der Waals surface area (Å²) in [5, 5.41) is 32.2. The predicted octanol–water partition coefficient (Wildman–Crippen LogP) is 3.12. The first-order valence-electron chi connectivity index (χ1n) is 10.4. The molecule has 178 valence electrons. The average molecular weight is 462 g/mol. The molecule has 1 saturated heterocycles. The summed E-state index contributed by atoms with van der Waals surface area (Å²) in [6, 6.07) is 12.0. The van der Waals surface area contributed by atoms with Gasteiger partial charge in [-0.1, -0.05) is 0 Å². The van der Waals surface area contributed by atoms with Crippen molar-refractivity contribution in [2.45, 2.75) is 57.8 Å². The van der Waals surface area contributed by atoms with Crippen molar-refractivity contribution in [2.75, 3.05) is 6.61 Å². The minimum absolute atomic E-state index is 0.00520. The van der Waals surface area contributed by atoms with E-state index < -0.39 is 34.4 Å². The SMILES string of the molecule is CC(C)O[C@@H]1O[C@H](COCc2ccc([N+](=O)[O-])cc2)[C@@H](OCc2ccc([N+](=O)[O-])cc2)[C@@H]1O. The number of nitrogens with zero attached hydrogens (tertiary/aromatic N) is 2. The van der Waals surface area contributed by atoms with Gasteiger partial charge in [-0.15, -0.1) is 0 Å². The molecule has 0 aliphatic carbocycles. The Kier molecular flexibility index (Phi) is 8.42. The van der Waals surface area contributed by atoms with Crippen LogP contribution in [0.3, 0.4) is 0 Å². The van der Waals surface area contributed by atoms with Crippen molar-refractivity contribution in [3.05, 3.63) is 79.9 Å². The van der Waals surface area contributed by atoms with Crippen LogP contribution in [-0.4, -0.2) is 52.3 Å². The van der Waals surface area contributed by atoms with Crippen LogP contribution in [0.1, 0.15) is 25.0 Å². The zero-order valence-electron chi connectivity index (χ0n) is 18.2. The summed E-state index contributed by atoms with van der Waals surface area (Å²) in [6.07, 6.45) is -3.50. The number of nitro groups is 2. The topological polar surface area (TPSA) is 143 Å². The Morgan fingerprint density at radius 2 is 1.45 bits per heavy atom. The van der Waals surface area contributed by atoms with Gasteiger partial charge in [-0.2, -0.15) is 0 Å². The molecule has 0 aromatic heterocycles. The van der Waals surface area contributed by atoms with Crippen molar-refractivity contribution in [2.24, 2.45) is 0 Å². The van der Waals surface area contributed by atoms with Crippen LogP contribution in [0, 0.1) is 20.2 Å². The molecule has 0 amide bonds. The fourth-order valence-electron chi connectivity index (χ4n) is 3.34. The summed E-state index contributed by atoms with van der Waals surface area (Å²) in [7, 11) is 0. The molecule has 4 atom stereocenters. The standard InChI is InChI=1S/C22H26N2O9/c1-14(2)32-22-20(25)21(31-12-16-5-9-18(10-6-16)24(28)29)19(33-22)13-30-11-15-3-7-17(8-4-15)23(26)27/h3-10,14,19-22,25H,11-13H2,1-2H3/t19-,20+,21-,22-/m1/s1. The number of aliphatic hydroxyl groups is 1. The fraction of sp³-hybridized carbons (Fsp3) is 0.455. The third kappa shape index (κ3) is 6.76. The van der Waals surface area contributed by atoms with E-state index in [-0.39, 0.29) is 37.3 Å². The first-order chi connectivity index (χ1) is 15.7. The van der Waals surface area contributed by atoms with Crippen LogP contribution in [0.25, 0.3) is 0 Å². The second-order valence-corrected chi connectivity index (χ2v) is 7.86. The van der Waals surface area contributed by atoms with E-state index in [9.17, 15) is 25.3 Å². The molecule has 0 bridgehead atoms. The molecule has 1 aliphatic heterocycles. The van der Waals surface area contributed by atoms with Gasteiger partial charge in [0.25, 0.3) is 11.4 Å². The number of non-ortho nitro benzene ring substituents is 2. The molecule has 2 aromatic rings. The average Bonchev–Trinajstić information content (AvgIpc) is 3.06. The summed E-state index contributed by atoms with van der Waals surface area (Å²) >= 11 is 0. The molecular formula is C22H26N2O9. The molecule has 0 radical (unpaired) electrons. The lowest BCUT2D eigenvalue weighted by Gasteiger charge is -2.21. The van der Waals surface area contributed by atoms with Crippen LogP contribution in [0.4, 0.5) is 11.4 Å². The number of benzene rings is 2. The van der Waals surface area contributed by atoms with Crippen molar-refractivity contribution in [1.29, 1.82) is 0 Å². The smallest absolute Gasteiger partial charge is 0.269 e. The predicted molar refractivity (Wildman–Crippen MR) is 115 cm³/mol. The minimum atomic E-state index is -1.06. The number of rotatable bonds is 11. The van der Waals surface area contributed by atoms with Crippen molar-refractivity contribution in [3.8, 4) is 0 Å². The van der Waals surface area contributed by atoms with E-state index >= 15 is 0 Å². The van der Waals surface area contributed by atoms with Crippen LogP contribution >= 0.6 is 0 Å². The first kappa shape index (κ1) is 24.7. The van der Waals surface area contributed by atoms with Crippen LogP contribution in [0.5, 0.6) is 0 Å². The third-order valence-corrected chi connectivity index (χ3v) is 4.98. The van der Waals surface area contributed by atoms with Crippen molar-refractivity contribution >= 4 is 11.4 Å². The van der Waals surface area contributed by atoms with Gasteiger partial charge in [0.05, 0.1) is 35.8 Å². The maximum atomic E-state index is 10.8. The van der Waals surface area contributed by atoms with Gasteiger partial charge in [0.1, 0.15) is 18.3 Å². The highest BCUT2D eigenvalue weighted by Crippen LogP contribution is 2.27. The van der Waals surface area contributed by atoms with Crippen molar-refractivity contribution in [1.82, 2.24) is 0 Å². The molecule has 2 aromatic carbocycles. The highest BCUT2D eigenvalue weighted by molar-refractivity contribution is 5.33. The fourth-order valence-corrected chi connectivity index (χ4v) is 3.34. The monoisotopic (exact) mass is 462 g/mol. The number of hydrogen-bond donors (Lipinski definition) is 1. The molecule has 0 saturated carbocycles. The highest BCUT2D eigenvalue weighted by Gasteiger charge is 2.45. The lowest BCUT2D eigenvalue weighted by atomic mass is 10.1. The van der Waals surface area contributed by atoms with E-state index in [1.165, 1.54) is 24.3 Å². The number of ether oxygens (including phenoxy) is 4. The summed E-state index contributed by atoms with van der Waals surface area (Å²) in [5.41, 5.74) is 1.42. The maximum Gasteiger partial charge on any atom is 0.269 e. The van der Waals surface area contributed by atoms with E-state index in [0.29, 0.717) is 5.56 Å². The quantitative estimate of drug-likeness (QED) is 0.393. The minimum Gasteiger partial charge on any atom is -0.385 e. The molecule has 11 nitrogen and oxygen atoms in total. The number of aliphatic hydroxyl groups excluding tert-OH is 1. The molecular weight excluding hydrogens is 436 g/mol. The van der Waals surface area contributed by atoms with Crippen LogP contribution in [0.2, 0.25) is 0 Å². The van der Waals surface area contributed by atoms with Gasteiger partial charge in [0.15, 0.2) is 6.29 Å². The maximum absolute atomic E-state index is 10.8. The van der Waals surface area contributed by atoms with Gasteiger partial charge in [-0.25, -0.2) is 0 Å². The normalized spacial score (nSPS) is 22.5. The Morgan fingerprint density at radius 3 is 1.94 bits per heavy atom. The second-order valence-electron chi connectivity index (χ2n) is 7.86. The van der Waals surface area contributed by atoms with Gasteiger partial charge >= 0.3 is 0 Å². The zero-order valence-corrected chi connectivity index (χ0v) is 18.2. The Morgan fingerprint density at radius 1 is 0.939 bits per heavy atom. The van der Waals surface area contributed by atoms with E-state index in [1.54, 1.807) is 24.3 Å². The Balaban J connectivity index is 1.60. The summed E-state index contributed by atoms with van der Waals surface area (Å²) in [4.78, 5) is 20.6. The summed E-state index contributed by atoms with van der Waals surface area (Å²) < 4.78 is 23.1. The molecule has 0 spiro atoms. The lowest BCUT2D eigenvalue weighted by molar-refractivity contribution is -0.385. The molecule has 1 fully saturated rings. The van der Waals surface area contributed by atoms with E-state index in [4.69, 9.17) is 18.9 Å². The summed E-state index contributed by atoms with van der Waals surface area (Å²) in [5.74, 6) is 0. The third-order valence-electron chi connectivity index (χ3n) is 4.98. The number of hydrogen-bond acceptors (Lipinski definition) is 9. The van der Waals surface area contributed by atoms with Crippen molar-refractivity contribution in [3.63, 3.8) is 0 Å². The molecule has 3 rings (SSSR count). The van der Waals surface area contributed by atoms with Crippen LogP contribution in [0.15, 0.2) is 48.5 Å². The Labute approximate surface area is 190 Å². The second kappa shape index (κ2) is 11.3. The molecule has 1 aliphatic rings. The van der Waals surface area contributed by atoms with E-state index in [2.05, 4.69) is 0 Å². The van der Waals surface area contributed by atoms with Crippen molar-refractivity contribution < 1.29 is 33.9 Å². The molecule has 1 heterocycles. The Bertz CT molecular complexity index is 934. The Hall–Kier alpha value is -2.96.